The van der Waals surface area contributed by atoms with Crippen molar-refractivity contribution in [2.24, 2.45) is 0 Å². The molecule has 0 aliphatic heterocycles. The molecule has 2 rings (SSSR count). The number of sulfonamides is 1. The fraction of sp³-hybridized carbons (Fsp3) is 0.333. The number of nitrogens with one attached hydrogen (secondary N) is 1. The number of unbranched alkanes of at least 4 members (excludes halogenated alkanes) is 2. The standard InChI is InChI=1S/C15H19NO3S/c17-11-5-1-4-10-16-20(18,19)15-9-8-13-6-2-3-7-14(13)12-15/h2-3,6-9,12,16-17H,1,4-5,10-11H2. The molecule has 0 saturated heterocycles. The third kappa shape index (κ3) is 3.79. The van der Waals surface area contributed by atoms with E-state index in [0.29, 0.717) is 17.9 Å². The highest BCUT2D eigenvalue weighted by molar-refractivity contribution is 7.89. The van der Waals surface area contributed by atoms with Gasteiger partial charge in [0.15, 0.2) is 0 Å². The molecule has 2 aromatic carbocycles. The van der Waals surface area contributed by atoms with E-state index in [-0.39, 0.29) is 6.61 Å². The van der Waals surface area contributed by atoms with Crippen molar-refractivity contribution in [3.8, 4) is 0 Å². The Hall–Kier alpha value is -1.43. The van der Waals surface area contributed by atoms with E-state index in [0.717, 1.165) is 23.6 Å². The van der Waals surface area contributed by atoms with E-state index in [1.54, 1.807) is 12.1 Å². The normalized spacial score (nSPS) is 11.8. The highest BCUT2D eigenvalue weighted by Gasteiger charge is 2.13. The summed E-state index contributed by atoms with van der Waals surface area (Å²) in [5.74, 6) is 0. The molecule has 0 unspecified atom stereocenters. The van der Waals surface area contributed by atoms with E-state index < -0.39 is 10.0 Å². The van der Waals surface area contributed by atoms with E-state index in [4.69, 9.17) is 5.11 Å². The molecule has 2 aromatic rings. The van der Waals surface area contributed by atoms with Crippen molar-refractivity contribution in [2.45, 2.75) is 24.2 Å². The Bertz CT molecular complexity index is 668. The van der Waals surface area contributed by atoms with Crippen LogP contribution < -0.4 is 4.72 Å². The number of rotatable bonds is 7. The molecule has 0 saturated carbocycles. The average Bonchev–Trinajstić information content (AvgIpc) is 2.46. The van der Waals surface area contributed by atoms with E-state index in [1.807, 2.05) is 30.3 Å². The lowest BCUT2D eigenvalue weighted by atomic mass is 10.1. The van der Waals surface area contributed by atoms with Crippen LogP contribution in [0.3, 0.4) is 0 Å². The Balaban J connectivity index is 2.07. The van der Waals surface area contributed by atoms with Crippen molar-refractivity contribution in [1.82, 2.24) is 4.72 Å². The van der Waals surface area contributed by atoms with Gasteiger partial charge in [-0.2, -0.15) is 0 Å². The first-order valence-electron chi connectivity index (χ1n) is 6.73. The summed E-state index contributed by atoms with van der Waals surface area (Å²) >= 11 is 0. The van der Waals surface area contributed by atoms with E-state index in [1.165, 1.54) is 0 Å². The van der Waals surface area contributed by atoms with Crippen molar-refractivity contribution < 1.29 is 13.5 Å². The lowest BCUT2D eigenvalue weighted by Crippen LogP contribution is -2.24. The number of fused-ring (bicyclic) bond motifs is 1. The second-order valence-electron chi connectivity index (χ2n) is 4.69. The van der Waals surface area contributed by atoms with Crippen molar-refractivity contribution >= 4 is 20.8 Å². The smallest absolute Gasteiger partial charge is 0.240 e. The third-order valence-electron chi connectivity index (χ3n) is 3.16. The summed E-state index contributed by atoms with van der Waals surface area (Å²) in [6.45, 7) is 0.548. The molecule has 4 nitrogen and oxygen atoms in total. The number of hydrogen-bond donors (Lipinski definition) is 2. The fourth-order valence-electron chi connectivity index (χ4n) is 2.04. The Kier molecular flexibility index (Phi) is 5.11. The minimum absolute atomic E-state index is 0.150. The van der Waals surface area contributed by atoms with Crippen LogP contribution in [-0.2, 0) is 10.0 Å². The number of aliphatic hydroxyl groups is 1. The van der Waals surface area contributed by atoms with Gasteiger partial charge < -0.3 is 5.11 Å². The molecule has 108 valence electrons. The predicted octanol–water partition coefficient (Wildman–Crippen LogP) is 2.28. The Morgan fingerprint density at radius 1 is 0.950 bits per heavy atom. The maximum Gasteiger partial charge on any atom is 0.240 e. The van der Waals surface area contributed by atoms with Crippen LogP contribution in [-0.4, -0.2) is 26.7 Å². The molecular formula is C15H19NO3S. The molecule has 0 bridgehead atoms. The molecule has 0 aliphatic rings. The van der Waals surface area contributed by atoms with Crippen LogP contribution in [0.15, 0.2) is 47.4 Å². The molecule has 0 spiro atoms. The fourth-order valence-corrected chi connectivity index (χ4v) is 3.15. The summed E-state index contributed by atoms with van der Waals surface area (Å²) in [5.41, 5.74) is 0. The number of benzene rings is 2. The van der Waals surface area contributed by atoms with Crippen molar-refractivity contribution in [2.75, 3.05) is 13.2 Å². The van der Waals surface area contributed by atoms with Crippen LogP contribution in [0, 0.1) is 0 Å². The molecule has 0 heterocycles. The van der Waals surface area contributed by atoms with Crippen molar-refractivity contribution in [3.05, 3.63) is 42.5 Å². The van der Waals surface area contributed by atoms with E-state index in [9.17, 15) is 8.42 Å². The van der Waals surface area contributed by atoms with Gasteiger partial charge in [0.2, 0.25) is 10.0 Å². The zero-order valence-corrected chi connectivity index (χ0v) is 12.1. The van der Waals surface area contributed by atoms with Gasteiger partial charge in [-0.3, -0.25) is 0 Å². The van der Waals surface area contributed by atoms with Gasteiger partial charge in [0.25, 0.3) is 0 Å². The quantitative estimate of drug-likeness (QED) is 0.770. The van der Waals surface area contributed by atoms with Gasteiger partial charge in [0, 0.05) is 13.2 Å². The van der Waals surface area contributed by atoms with E-state index in [2.05, 4.69) is 4.72 Å². The van der Waals surface area contributed by atoms with Gasteiger partial charge in [-0.1, -0.05) is 30.3 Å². The van der Waals surface area contributed by atoms with Crippen LogP contribution in [0.2, 0.25) is 0 Å². The summed E-state index contributed by atoms with van der Waals surface area (Å²) in [6, 6.07) is 12.8. The minimum atomic E-state index is -3.45. The highest BCUT2D eigenvalue weighted by atomic mass is 32.2. The summed E-state index contributed by atoms with van der Waals surface area (Å²) < 4.78 is 26.9. The van der Waals surface area contributed by atoms with Gasteiger partial charge >= 0.3 is 0 Å². The largest absolute Gasteiger partial charge is 0.396 e. The maximum absolute atomic E-state index is 12.1. The van der Waals surface area contributed by atoms with Crippen LogP contribution >= 0.6 is 0 Å². The molecule has 0 atom stereocenters. The highest BCUT2D eigenvalue weighted by Crippen LogP contribution is 2.18. The summed E-state index contributed by atoms with van der Waals surface area (Å²) in [6.07, 6.45) is 2.25. The predicted molar refractivity (Wildman–Crippen MR) is 80.1 cm³/mol. The van der Waals surface area contributed by atoms with Crippen LogP contribution in [0.5, 0.6) is 0 Å². The minimum Gasteiger partial charge on any atom is -0.396 e. The number of aliphatic hydroxyl groups excluding tert-OH is 1. The second-order valence-corrected chi connectivity index (χ2v) is 6.46. The molecule has 0 aliphatic carbocycles. The monoisotopic (exact) mass is 293 g/mol. The molecule has 20 heavy (non-hydrogen) atoms. The van der Waals surface area contributed by atoms with E-state index >= 15 is 0 Å². The van der Waals surface area contributed by atoms with Crippen LogP contribution in [0.1, 0.15) is 19.3 Å². The molecule has 0 fully saturated rings. The maximum atomic E-state index is 12.1. The first-order valence-corrected chi connectivity index (χ1v) is 8.21. The average molecular weight is 293 g/mol. The second kappa shape index (κ2) is 6.83. The zero-order chi connectivity index (χ0) is 14.4. The molecule has 0 radical (unpaired) electrons. The van der Waals surface area contributed by atoms with Gasteiger partial charge in [0.05, 0.1) is 4.90 Å². The molecular weight excluding hydrogens is 274 g/mol. The summed E-state index contributed by atoms with van der Waals surface area (Å²) in [7, 11) is -3.45. The molecule has 0 amide bonds. The Morgan fingerprint density at radius 3 is 2.45 bits per heavy atom. The van der Waals surface area contributed by atoms with Gasteiger partial charge in [-0.25, -0.2) is 13.1 Å². The SMILES string of the molecule is O=S(=O)(NCCCCCO)c1ccc2ccccc2c1. The van der Waals surface area contributed by atoms with Crippen LogP contribution in [0.25, 0.3) is 10.8 Å². The van der Waals surface area contributed by atoms with Gasteiger partial charge in [-0.05, 0) is 42.2 Å². The van der Waals surface area contributed by atoms with Gasteiger partial charge in [-0.15, -0.1) is 0 Å². The van der Waals surface area contributed by atoms with Crippen molar-refractivity contribution in [3.63, 3.8) is 0 Å². The summed E-state index contributed by atoms with van der Waals surface area (Å²) in [4.78, 5) is 0.290. The first-order chi connectivity index (χ1) is 9.63. The Labute approximate surface area is 119 Å². The summed E-state index contributed by atoms with van der Waals surface area (Å²) in [5, 5.41) is 10.6. The molecule has 5 heteroatoms. The first kappa shape index (κ1) is 15.0. The molecule has 2 N–H and O–H groups in total. The van der Waals surface area contributed by atoms with Gasteiger partial charge in [0.1, 0.15) is 0 Å². The molecule has 0 aromatic heterocycles. The van der Waals surface area contributed by atoms with Crippen molar-refractivity contribution in [1.29, 1.82) is 0 Å². The van der Waals surface area contributed by atoms with Crippen LogP contribution in [0.4, 0.5) is 0 Å². The zero-order valence-electron chi connectivity index (χ0n) is 11.2. The lowest BCUT2D eigenvalue weighted by Gasteiger charge is -2.07. The Morgan fingerprint density at radius 2 is 1.70 bits per heavy atom. The topological polar surface area (TPSA) is 66.4 Å². The third-order valence-corrected chi connectivity index (χ3v) is 4.62. The number of hydrogen-bond acceptors (Lipinski definition) is 3. The lowest BCUT2D eigenvalue weighted by molar-refractivity contribution is 0.283.